The van der Waals surface area contributed by atoms with Crippen molar-refractivity contribution in [1.82, 2.24) is 4.90 Å². The summed E-state index contributed by atoms with van der Waals surface area (Å²) in [5.41, 5.74) is 5.94. The van der Waals surface area contributed by atoms with E-state index in [4.69, 9.17) is 5.73 Å². The van der Waals surface area contributed by atoms with Gasteiger partial charge in [-0.1, -0.05) is 27.7 Å². The molecule has 1 saturated heterocycles. The van der Waals surface area contributed by atoms with Crippen molar-refractivity contribution in [2.75, 3.05) is 19.6 Å². The Labute approximate surface area is 118 Å². The maximum Gasteiger partial charge on any atom is 0.222 e. The van der Waals surface area contributed by atoms with Gasteiger partial charge in [-0.3, -0.25) is 4.79 Å². The molecule has 3 heteroatoms. The molecule has 3 nitrogen and oxygen atoms in total. The normalized spacial score (nSPS) is 22.4. The molecule has 0 spiro atoms. The molecule has 1 aliphatic heterocycles. The highest BCUT2D eigenvalue weighted by molar-refractivity contribution is 5.76. The summed E-state index contributed by atoms with van der Waals surface area (Å²) in [6.07, 6.45) is 5.25. The van der Waals surface area contributed by atoms with Crippen LogP contribution in [0.3, 0.4) is 0 Å². The van der Waals surface area contributed by atoms with Crippen molar-refractivity contribution in [3.8, 4) is 0 Å². The van der Waals surface area contributed by atoms with Crippen molar-refractivity contribution < 1.29 is 4.79 Å². The summed E-state index contributed by atoms with van der Waals surface area (Å²) >= 11 is 0. The number of carbonyl (C=O) groups excluding carboxylic acids is 1. The molecule has 1 heterocycles. The second-order valence-electron chi connectivity index (χ2n) is 7.50. The van der Waals surface area contributed by atoms with Crippen molar-refractivity contribution in [1.29, 1.82) is 0 Å². The molecule has 112 valence electrons. The monoisotopic (exact) mass is 268 g/mol. The second kappa shape index (κ2) is 7.28. The smallest absolute Gasteiger partial charge is 0.222 e. The maximum atomic E-state index is 12.3. The third kappa shape index (κ3) is 6.42. The van der Waals surface area contributed by atoms with Gasteiger partial charge in [-0.05, 0) is 49.5 Å². The Kier molecular flexibility index (Phi) is 6.31. The summed E-state index contributed by atoms with van der Waals surface area (Å²) in [4.78, 5) is 14.4. The van der Waals surface area contributed by atoms with Crippen molar-refractivity contribution in [3.05, 3.63) is 0 Å². The van der Waals surface area contributed by atoms with E-state index < -0.39 is 0 Å². The Morgan fingerprint density at radius 1 is 1.42 bits per heavy atom. The van der Waals surface area contributed by atoms with Gasteiger partial charge in [0.05, 0.1) is 0 Å². The Bertz CT molecular complexity index is 281. The molecule has 0 aliphatic carbocycles. The highest BCUT2D eigenvalue weighted by Crippen LogP contribution is 2.27. The highest BCUT2D eigenvalue weighted by Gasteiger charge is 2.25. The van der Waals surface area contributed by atoms with E-state index in [9.17, 15) is 4.79 Å². The molecule has 1 rings (SSSR count). The first-order valence-electron chi connectivity index (χ1n) is 7.79. The van der Waals surface area contributed by atoms with Crippen LogP contribution < -0.4 is 5.73 Å². The second-order valence-corrected chi connectivity index (χ2v) is 7.50. The van der Waals surface area contributed by atoms with E-state index in [0.29, 0.717) is 29.6 Å². The van der Waals surface area contributed by atoms with Crippen LogP contribution in [0.5, 0.6) is 0 Å². The predicted molar refractivity (Wildman–Crippen MR) is 80.8 cm³/mol. The summed E-state index contributed by atoms with van der Waals surface area (Å²) in [6, 6.07) is 0. The summed E-state index contributed by atoms with van der Waals surface area (Å²) in [5.74, 6) is 1.45. The zero-order chi connectivity index (χ0) is 14.5. The number of hydrogen-bond donors (Lipinski definition) is 1. The van der Waals surface area contributed by atoms with Crippen LogP contribution in [-0.2, 0) is 4.79 Å². The molecule has 0 aromatic carbocycles. The van der Waals surface area contributed by atoms with E-state index in [1.165, 1.54) is 6.42 Å². The average molecular weight is 268 g/mol. The number of carbonyl (C=O) groups is 1. The fourth-order valence-corrected chi connectivity index (χ4v) is 3.31. The lowest BCUT2D eigenvalue weighted by atomic mass is 9.84. The largest absolute Gasteiger partial charge is 0.342 e. The maximum absolute atomic E-state index is 12.3. The number of rotatable bonds is 5. The molecule has 0 saturated carbocycles. The molecule has 0 radical (unpaired) electrons. The molecule has 2 N–H and O–H groups in total. The van der Waals surface area contributed by atoms with E-state index >= 15 is 0 Å². The molecule has 1 amide bonds. The van der Waals surface area contributed by atoms with Crippen LogP contribution in [0.4, 0.5) is 0 Å². The molecule has 0 bridgehead atoms. The summed E-state index contributed by atoms with van der Waals surface area (Å²) in [7, 11) is 0. The molecule has 1 fully saturated rings. The first-order chi connectivity index (χ1) is 8.81. The molecule has 2 unspecified atom stereocenters. The van der Waals surface area contributed by atoms with Crippen LogP contribution in [0.1, 0.15) is 59.8 Å². The van der Waals surface area contributed by atoms with Gasteiger partial charge in [-0.25, -0.2) is 0 Å². The first kappa shape index (κ1) is 16.5. The minimum atomic E-state index is 0.309. The number of piperidine rings is 1. The number of likely N-dealkylation sites (tertiary alicyclic amines) is 1. The zero-order valence-electron chi connectivity index (χ0n) is 13.2. The van der Waals surface area contributed by atoms with Crippen molar-refractivity contribution in [3.63, 3.8) is 0 Å². The van der Waals surface area contributed by atoms with Crippen LogP contribution in [0.2, 0.25) is 0 Å². The topological polar surface area (TPSA) is 46.3 Å². The minimum Gasteiger partial charge on any atom is -0.342 e. The summed E-state index contributed by atoms with van der Waals surface area (Å²) in [6.45, 7) is 11.5. The average Bonchev–Trinajstić information content (AvgIpc) is 2.27. The Morgan fingerprint density at radius 3 is 2.68 bits per heavy atom. The number of hydrogen-bond acceptors (Lipinski definition) is 2. The van der Waals surface area contributed by atoms with Gasteiger partial charge >= 0.3 is 0 Å². The molecule has 0 aromatic heterocycles. The number of amides is 1. The standard InChI is InChI=1S/C16H32N2O/c1-13(11-16(2,3)4)10-15(19)18-9-5-6-14(12-18)7-8-17/h13-14H,5-12,17H2,1-4H3. The highest BCUT2D eigenvalue weighted by atomic mass is 16.2. The van der Waals surface area contributed by atoms with Gasteiger partial charge in [0.15, 0.2) is 0 Å². The molecule has 1 aliphatic rings. The van der Waals surface area contributed by atoms with E-state index in [2.05, 4.69) is 32.6 Å². The summed E-state index contributed by atoms with van der Waals surface area (Å²) < 4.78 is 0. The van der Waals surface area contributed by atoms with Crippen LogP contribution in [0, 0.1) is 17.3 Å². The van der Waals surface area contributed by atoms with E-state index in [1.54, 1.807) is 0 Å². The lowest BCUT2D eigenvalue weighted by Crippen LogP contribution is -2.41. The first-order valence-corrected chi connectivity index (χ1v) is 7.79. The molecule has 19 heavy (non-hydrogen) atoms. The quantitative estimate of drug-likeness (QED) is 0.833. The minimum absolute atomic E-state index is 0.309. The van der Waals surface area contributed by atoms with Crippen molar-refractivity contribution >= 4 is 5.91 Å². The molecule has 0 aromatic rings. The number of nitrogens with two attached hydrogens (primary N) is 1. The van der Waals surface area contributed by atoms with Gasteiger partial charge in [0.1, 0.15) is 0 Å². The van der Waals surface area contributed by atoms with Crippen LogP contribution in [0.15, 0.2) is 0 Å². The van der Waals surface area contributed by atoms with Gasteiger partial charge in [0, 0.05) is 19.5 Å². The van der Waals surface area contributed by atoms with Crippen LogP contribution >= 0.6 is 0 Å². The molecular formula is C16H32N2O. The third-order valence-corrected chi connectivity index (χ3v) is 3.93. The fraction of sp³-hybridized carbons (Fsp3) is 0.938. The number of nitrogens with zero attached hydrogens (tertiary/aromatic N) is 1. The van der Waals surface area contributed by atoms with Gasteiger partial charge in [-0.2, -0.15) is 0 Å². The van der Waals surface area contributed by atoms with Gasteiger partial charge in [0.2, 0.25) is 5.91 Å². The van der Waals surface area contributed by atoms with Crippen molar-refractivity contribution in [2.24, 2.45) is 23.0 Å². The van der Waals surface area contributed by atoms with Crippen LogP contribution in [0.25, 0.3) is 0 Å². The predicted octanol–water partition coefficient (Wildman–Crippen LogP) is 3.04. The zero-order valence-corrected chi connectivity index (χ0v) is 13.2. The molecule has 2 atom stereocenters. The van der Waals surface area contributed by atoms with Gasteiger partial charge in [0.25, 0.3) is 0 Å². The lowest BCUT2D eigenvalue weighted by Gasteiger charge is -2.34. The van der Waals surface area contributed by atoms with E-state index in [1.807, 2.05) is 0 Å². The Hall–Kier alpha value is -0.570. The molecular weight excluding hydrogens is 236 g/mol. The van der Waals surface area contributed by atoms with Crippen molar-refractivity contribution in [2.45, 2.75) is 59.8 Å². The van der Waals surface area contributed by atoms with Gasteiger partial charge < -0.3 is 10.6 Å². The van der Waals surface area contributed by atoms with Gasteiger partial charge in [-0.15, -0.1) is 0 Å². The third-order valence-electron chi connectivity index (χ3n) is 3.93. The fourth-order valence-electron chi connectivity index (χ4n) is 3.31. The SMILES string of the molecule is CC(CC(=O)N1CCCC(CCN)C1)CC(C)(C)C. The lowest BCUT2D eigenvalue weighted by molar-refractivity contribution is -0.134. The summed E-state index contributed by atoms with van der Waals surface area (Å²) in [5, 5.41) is 0. The van der Waals surface area contributed by atoms with E-state index in [0.717, 1.165) is 38.9 Å². The Balaban J connectivity index is 2.40. The van der Waals surface area contributed by atoms with E-state index in [-0.39, 0.29) is 0 Å². The van der Waals surface area contributed by atoms with Crippen LogP contribution in [-0.4, -0.2) is 30.4 Å². The Morgan fingerprint density at radius 2 is 2.11 bits per heavy atom.